The summed E-state index contributed by atoms with van der Waals surface area (Å²) in [6.45, 7) is 29.3. The summed E-state index contributed by atoms with van der Waals surface area (Å²) in [5, 5.41) is 11.2. The largest absolute Gasteiger partial charge is 0.349 e. The van der Waals surface area contributed by atoms with Crippen molar-refractivity contribution < 1.29 is 0 Å². The Labute approximate surface area is 262 Å². The summed E-state index contributed by atoms with van der Waals surface area (Å²) in [7, 11) is 0. The topological polar surface area (TPSA) is 97.9 Å². The van der Waals surface area contributed by atoms with E-state index in [9.17, 15) is 0 Å². The lowest BCUT2D eigenvalue weighted by molar-refractivity contribution is 0.164. The fourth-order valence-electron chi connectivity index (χ4n) is 7.93. The predicted octanol–water partition coefficient (Wildman–Crippen LogP) is 6.80. The minimum Gasteiger partial charge on any atom is -0.349 e. The quantitative estimate of drug-likeness (QED) is 0.182. The second kappa shape index (κ2) is 12.5. The van der Waals surface area contributed by atoms with Crippen LogP contribution >= 0.6 is 0 Å². The molecule has 2 radical (unpaired) electrons. The number of nitrogens with zero attached hydrogens (tertiary/aromatic N) is 5. The van der Waals surface area contributed by atoms with Gasteiger partial charge in [0.05, 0.1) is 12.1 Å². The van der Waals surface area contributed by atoms with Crippen LogP contribution in [0.1, 0.15) is 140 Å². The summed E-state index contributed by atoms with van der Waals surface area (Å²) < 4.78 is 0. The lowest BCUT2D eigenvalue weighted by atomic mass is 9.79. The van der Waals surface area contributed by atoms with Crippen molar-refractivity contribution in [3.63, 3.8) is 0 Å². The van der Waals surface area contributed by atoms with Crippen molar-refractivity contribution in [1.29, 1.82) is 0 Å². The van der Waals surface area contributed by atoms with Crippen LogP contribution in [0.15, 0.2) is 25.0 Å². The molecule has 4 heterocycles. The van der Waals surface area contributed by atoms with Gasteiger partial charge in [-0.15, -0.1) is 0 Å². The maximum absolute atomic E-state index is 5.49. The van der Waals surface area contributed by atoms with Gasteiger partial charge in [0.15, 0.2) is 17.6 Å². The van der Waals surface area contributed by atoms with Gasteiger partial charge in [-0.25, -0.2) is 4.99 Å². The van der Waals surface area contributed by atoms with Gasteiger partial charge < -0.3 is 16.0 Å². The van der Waals surface area contributed by atoms with E-state index in [1.54, 1.807) is 0 Å². The second-order valence-corrected chi connectivity index (χ2v) is 16.8. The van der Waals surface area contributed by atoms with E-state index in [-0.39, 0.29) is 39.8 Å². The molecule has 43 heavy (non-hydrogen) atoms. The Morgan fingerprint density at radius 1 is 0.814 bits per heavy atom. The van der Waals surface area contributed by atoms with Crippen LogP contribution in [0.3, 0.4) is 0 Å². The van der Waals surface area contributed by atoms with Crippen molar-refractivity contribution in [2.45, 2.75) is 180 Å². The number of amidine groups is 2. The van der Waals surface area contributed by atoms with E-state index in [0.29, 0.717) is 18.8 Å². The first-order valence-electron chi connectivity index (χ1n) is 16.7. The number of piperidine rings is 2. The van der Waals surface area contributed by atoms with Crippen molar-refractivity contribution in [1.82, 2.24) is 16.0 Å². The minimum atomic E-state index is -0.0735. The number of aliphatic imine (C=N–C) groups is 5. The molecule has 8 nitrogen and oxygen atoms in total. The Morgan fingerprint density at radius 3 is 1.79 bits per heavy atom. The molecule has 0 aromatic rings. The summed E-state index contributed by atoms with van der Waals surface area (Å²) in [5.41, 5.74) is 2.13. The molecule has 0 amide bonds. The highest BCUT2D eigenvalue weighted by Gasteiger charge is 2.44. The third-order valence-electron chi connectivity index (χ3n) is 8.93. The molecular formula is C35H60N8. The molecule has 3 N–H and O–H groups in total. The molecule has 0 spiro atoms. The smallest absolute Gasteiger partial charge is 0.226 e. The summed E-state index contributed by atoms with van der Waals surface area (Å²) in [6.07, 6.45) is 10.0. The van der Waals surface area contributed by atoms with Crippen LogP contribution in [0.5, 0.6) is 0 Å². The van der Waals surface area contributed by atoms with Gasteiger partial charge in [-0.2, -0.15) is 9.98 Å². The molecule has 0 aliphatic carbocycles. The number of fused-ring (bicyclic) bond motifs is 2. The van der Waals surface area contributed by atoms with Crippen LogP contribution in [0, 0.1) is 12.8 Å². The summed E-state index contributed by atoms with van der Waals surface area (Å²) >= 11 is 0. The summed E-state index contributed by atoms with van der Waals surface area (Å²) in [6, 6.07) is 0.448. The van der Waals surface area contributed by atoms with E-state index < -0.39 is 0 Å². The van der Waals surface area contributed by atoms with Crippen molar-refractivity contribution in [2.24, 2.45) is 25.0 Å². The Bertz CT molecular complexity index is 1140. The molecule has 240 valence electrons. The third-order valence-corrected chi connectivity index (χ3v) is 8.93. The van der Waals surface area contributed by atoms with Gasteiger partial charge in [-0.05, 0) is 115 Å². The maximum atomic E-state index is 5.49. The average Bonchev–Trinajstić information content (AvgIpc) is 2.79. The van der Waals surface area contributed by atoms with Gasteiger partial charge in [0, 0.05) is 45.5 Å². The minimum absolute atomic E-state index is 0.00427. The number of unbranched alkanes of at least 4 members (excludes halogenated alkanes) is 2. The zero-order chi connectivity index (χ0) is 31.8. The van der Waals surface area contributed by atoms with Gasteiger partial charge in [0.25, 0.3) is 0 Å². The molecule has 0 aromatic carbocycles. The Morgan fingerprint density at radius 2 is 1.33 bits per heavy atom. The highest BCUT2D eigenvalue weighted by molar-refractivity contribution is 6.50. The van der Waals surface area contributed by atoms with Crippen LogP contribution in [0.2, 0.25) is 0 Å². The van der Waals surface area contributed by atoms with Crippen LogP contribution in [-0.2, 0) is 0 Å². The normalized spacial score (nSPS) is 25.9. The van der Waals surface area contributed by atoms with E-state index in [2.05, 4.69) is 104 Å². The van der Waals surface area contributed by atoms with Gasteiger partial charge in [0.1, 0.15) is 0 Å². The molecule has 4 aliphatic heterocycles. The standard InChI is InChI=1S/C35H60N8/c1-13-15-16-17-31(3,4)41-30-39-28-27(29(38-28)40-30)26(37-25-21-34(9,10)43-35(11,12)22-25)18-23(14-2)36-24-19-32(5,6)42-33(7,8)20-24/h24-25,42-43H,2,13-22H2,1,3-12H3,(H,38,39,40,41). The summed E-state index contributed by atoms with van der Waals surface area (Å²) in [5.74, 6) is 3.15. The lowest BCUT2D eigenvalue weighted by Crippen LogP contribution is -2.59. The first-order chi connectivity index (χ1) is 19.8. The zero-order valence-corrected chi connectivity index (χ0v) is 29.2. The highest BCUT2D eigenvalue weighted by Crippen LogP contribution is 2.35. The average molecular weight is 593 g/mol. The first-order valence-corrected chi connectivity index (χ1v) is 16.7. The van der Waals surface area contributed by atoms with Gasteiger partial charge in [-0.3, -0.25) is 9.98 Å². The number of rotatable bonds is 11. The molecule has 0 atom stereocenters. The van der Waals surface area contributed by atoms with Crippen molar-refractivity contribution in [3.8, 4) is 0 Å². The van der Waals surface area contributed by atoms with Crippen LogP contribution in [0.25, 0.3) is 0 Å². The lowest BCUT2D eigenvalue weighted by Gasteiger charge is -2.46. The fourth-order valence-corrected chi connectivity index (χ4v) is 7.93. The zero-order valence-electron chi connectivity index (χ0n) is 29.2. The van der Waals surface area contributed by atoms with Crippen molar-refractivity contribution in [3.05, 3.63) is 12.8 Å². The second-order valence-electron chi connectivity index (χ2n) is 16.8. The van der Waals surface area contributed by atoms with E-state index in [1.807, 2.05) is 0 Å². The molecule has 8 heteroatoms. The molecule has 4 rings (SSSR count). The predicted molar refractivity (Wildman–Crippen MR) is 185 cm³/mol. The van der Waals surface area contributed by atoms with Crippen LogP contribution < -0.4 is 16.0 Å². The molecule has 2 fully saturated rings. The number of hydrogen-bond donors (Lipinski definition) is 3. The molecular weight excluding hydrogens is 532 g/mol. The van der Waals surface area contributed by atoms with E-state index in [0.717, 1.165) is 61.1 Å². The number of hydrogen-bond acceptors (Lipinski definition) is 8. The van der Waals surface area contributed by atoms with Gasteiger partial charge >= 0.3 is 0 Å². The van der Waals surface area contributed by atoms with Crippen molar-refractivity contribution in [2.75, 3.05) is 0 Å². The van der Waals surface area contributed by atoms with Gasteiger partial charge in [-0.1, -0.05) is 26.2 Å². The van der Waals surface area contributed by atoms with E-state index >= 15 is 0 Å². The Kier molecular flexibility index (Phi) is 9.84. The number of guanidine groups is 1. The SMILES string of the molecule is [CH2]CC(CC(=NC1CC(C)(C)NC(C)(C)C1)[C]1C2=NC(NC(C)(C)CCCCC)=NC1=N2)=NC1CC(C)(C)NC(C)(C)C1. The fraction of sp³-hybridized carbons (Fsp3) is 0.800. The van der Waals surface area contributed by atoms with Crippen LogP contribution in [-0.4, -0.2) is 68.8 Å². The first kappa shape index (κ1) is 34.0. The van der Waals surface area contributed by atoms with Crippen molar-refractivity contribution >= 4 is 29.1 Å². The molecule has 4 aliphatic rings. The van der Waals surface area contributed by atoms with E-state index in [4.69, 9.17) is 20.0 Å². The monoisotopic (exact) mass is 592 g/mol. The Hall–Kier alpha value is -1.93. The molecule has 2 bridgehead atoms. The molecule has 0 unspecified atom stereocenters. The Balaban J connectivity index is 1.60. The van der Waals surface area contributed by atoms with Crippen LogP contribution in [0.4, 0.5) is 0 Å². The molecule has 0 aromatic heterocycles. The van der Waals surface area contributed by atoms with E-state index in [1.165, 1.54) is 19.3 Å². The maximum Gasteiger partial charge on any atom is 0.226 e. The third kappa shape index (κ3) is 9.29. The van der Waals surface area contributed by atoms with Gasteiger partial charge in [0.2, 0.25) is 5.96 Å². The molecule has 0 saturated carbocycles. The molecule has 2 saturated heterocycles. The highest BCUT2D eigenvalue weighted by atomic mass is 15.3. The number of nitrogens with one attached hydrogen (secondary N) is 3. The summed E-state index contributed by atoms with van der Waals surface area (Å²) in [4.78, 5) is 25.3.